The lowest BCUT2D eigenvalue weighted by atomic mass is 9.99. The Hall–Kier alpha value is -2.47. The smallest absolute Gasteiger partial charge is 0.303 e. The molecule has 0 unspecified atom stereocenters. The molecular formula is C18H26O11S. The highest BCUT2D eigenvalue weighted by atomic mass is 32.2. The zero-order valence-electron chi connectivity index (χ0n) is 17.4. The van der Waals surface area contributed by atoms with Gasteiger partial charge in [-0.2, -0.15) is 0 Å². The second-order valence-corrected chi connectivity index (χ2v) is 8.91. The van der Waals surface area contributed by atoms with Crippen LogP contribution in [0.1, 0.15) is 34.6 Å². The summed E-state index contributed by atoms with van der Waals surface area (Å²) in [4.78, 5) is 46.2. The number of carbonyl (C=O) groups is 4. The standard InChI is InChI=1S/C18H26O11S/c1-9(2)8-30(23,24)18-17(28-13(6)22)16(27-12(5)21)15(26-11(4)20)14(29-18)7-25-10(3)19/h14-18H,1,7-8H2,2-6H3/t14-,15+,16+,17-,18-/m1/s1. The van der Waals surface area contributed by atoms with Crippen LogP contribution in [-0.4, -0.2) is 74.5 Å². The van der Waals surface area contributed by atoms with E-state index in [1.165, 1.54) is 6.92 Å². The van der Waals surface area contributed by atoms with Crippen LogP contribution >= 0.6 is 0 Å². The Morgan fingerprint density at radius 3 is 1.70 bits per heavy atom. The van der Waals surface area contributed by atoms with E-state index >= 15 is 0 Å². The molecule has 0 aliphatic carbocycles. The number of carbonyl (C=O) groups excluding carboxylic acids is 4. The summed E-state index contributed by atoms with van der Waals surface area (Å²) in [5.74, 6) is -3.75. The molecule has 170 valence electrons. The molecule has 0 radical (unpaired) electrons. The van der Waals surface area contributed by atoms with Crippen molar-refractivity contribution in [2.24, 2.45) is 0 Å². The van der Waals surface area contributed by atoms with Crippen molar-refractivity contribution in [1.82, 2.24) is 0 Å². The second-order valence-electron chi connectivity index (χ2n) is 6.83. The maximum atomic E-state index is 12.9. The Morgan fingerprint density at radius 2 is 1.27 bits per heavy atom. The van der Waals surface area contributed by atoms with Crippen LogP contribution < -0.4 is 0 Å². The summed E-state index contributed by atoms with van der Waals surface area (Å²) in [5, 5.41) is 0. The van der Waals surface area contributed by atoms with E-state index in [1.807, 2.05) is 0 Å². The molecule has 0 N–H and O–H groups in total. The van der Waals surface area contributed by atoms with Crippen molar-refractivity contribution in [2.45, 2.75) is 64.5 Å². The Bertz CT molecular complexity index is 801. The van der Waals surface area contributed by atoms with Crippen molar-refractivity contribution in [3.8, 4) is 0 Å². The van der Waals surface area contributed by atoms with Crippen LogP contribution in [0.25, 0.3) is 0 Å². The largest absolute Gasteiger partial charge is 0.463 e. The third-order valence-corrected chi connectivity index (χ3v) is 5.73. The quantitative estimate of drug-likeness (QED) is 0.281. The van der Waals surface area contributed by atoms with Gasteiger partial charge in [0.1, 0.15) is 12.7 Å². The summed E-state index contributed by atoms with van der Waals surface area (Å²) in [7, 11) is -4.14. The maximum Gasteiger partial charge on any atom is 0.303 e. The molecule has 30 heavy (non-hydrogen) atoms. The van der Waals surface area contributed by atoms with Gasteiger partial charge in [0.05, 0.1) is 5.75 Å². The van der Waals surface area contributed by atoms with E-state index in [-0.39, 0.29) is 5.57 Å². The van der Waals surface area contributed by atoms with Crippen molar-refractivity contribution in [1.29, 1.82) is 0 Å². The minimum atomic E-state index is -4.14. The third-order valence-electron chi connectivity index (χ3n) is 3.75. The monoisotopic (exact) mass is 450 g/mol. The highest BCUT2D eigenvalue weighted by Crippen LogP contribution is 2.32. The Kier molecular flexibility index (Phi) is 8.97. The lowest BCUT2D eigenvalue weighted by Crippen LogP contribution is -2.64. The fourth-order valence-electron chi connectivity index (χ4n) is 2.90. The molecule has 5 atom stereocenters. The van der Waals surface area contributed by atoms with Crippen LogP contribution in [0.4, 0.5) is 0 Å². The predicted octanol–water partition coefficient (Wildman–Crippen LogP) is 0.0604. The molecule has 0 aromatic heterocycles. The van der Waals surface area contributed by atoms with E-state index in [4.69, 9.17) is 23.7 Å². The average Bonchev–Trinajstić information content (AvgIpc) is 2.54. The molecule has 1 aliphatic heterocycles. The summed E-state index contributed by atoms with van der Waals surface area (Å²) >= 11 is 0. The van der Waals surface area contributed by atoms with Crippen LogP contribution in [0, 0.1) is 0 Å². The molecule has 1 saturated heterocycles. The second kappa shape index (κ2) is 10.5. The van der Waals surface area contributed by atoms with Crippen LogP contribution in [0.2, 0.25) is 0 Å². The Morgan fingerprint density at radius 1 is 0.800 bits per heavy atom. The van der Waals surface area contributed by atoms with Gasteiger partial charge < -0.3 is 23.7 Å². The fourth-order valence-corrected chi connectivity index (χ4v) is 4.69. The van der Waals surface area contributed by atoms with E-state index in [0.717, 1.165) is 27.7 Å². The first kappa shape index (κ1) is 25.6. The van der Waals surface area contributed by atoms with Crippen LogP contribution in [0.3, 0.4) is 0 Å². The number of sulfone groups is 1. The minimum absolute atomic E-state index is 0.280. The molecule has 1 rings (SSSR count). The molecule has 0 saturated carbocycles. The van der Waals surface area contributed by atoms with Crippen molar-refractivity contribution in [2.75, 3.05) is 12.4 Å². The van der Waals surface area contributed by atoms with E-state index in [1.54, 1.807) is 0 Å². The lowest BCUT2D eigenvalue weighted by Gasteiger charge is -2.44. The van der Waals surface area contributed by atoms with Gasteiger partial charge in [0, 0.05) is 27.7 Å². The molecule has 1 fully saturated rings. The van der Waals surface area contributed by atoms with E-state index in [0.29, 0.717) is 0 Å². The summed E-state index contributed by atoms with van der Waals surface area (Å²) in [6.45, 7) is 8.78. The first-order valence-corrected chi connectivity index (χ1v) is 10.6. The number of rotatable bonds is 8. The predicted molar refractivity (Wildman–Crippen MR) is 101 cm³/mol. The van der Waals surface area contributed by atoms with Gasteiger partial charge in [0.15, 0.2) is 33.6 Å². The summed E-state index contributed by atoms with van der Waals surface area (Å²) in [5.41, 5.74) is -1.52. The molecule has 11 nitrogen and oxygen atoms in total. The van der Waals surface area contributed by atoms with Gasteiger partial charge in [-0.05, 0) is 6.92 Å². The number of hydrogen-bond donors (Lipinski definition) is 0. The van der Waals surface area contributed by atoms with Crippen molar-refractivity contribution in [3.63, 3.8) is 0 Å². The summed E-state index contributed by atoms with van der Waals surface area (Å²) in [6, 6.07) is 0. The highest BCUT2D eigenvalue weighted by Gasteiger charge is 2.56. The van der Waals surface area contributed by atoms with Gasteiger partial charge >= 0.3 is 23.9 Å². The molecule has 1 heterocycles. The van der Waals surface area contributed by atoms with Crippen molar-refractivity contribution in [3.05, 3.63) is 12.2 Å². The molecular weight excluding hydrogens is 424 g/mol. The molecule has 0 aromatic rings. The number of ether oxygens (including phenoxy) is 5. The normalized spacial score (nSPS) is 26.2. The van der Waals surface area contributed by atoms with Crippen molar-refractivity contribution >= 4 is 33.7 Å². The SMILES string of the molecule is C=C(C)CS(=O)(=O)[C@H]1O[C@H](COC(C)=O)[C@H](OC(C)=O)[C@H](OC(C)=O)[C@H]1OC(C)=O. The zero-order chi connectivity index (χ0) is 23.2. The third kappa shape index (κ3) is 7.41. The highest BCUT2D eigenvalue weighted by molar-refractivity contribution is 7.92. The minimum Gasteiger partial charge on any atom is -0.463 e. The van der Waals surface area contributed by atoms with Gasteiger partial charge in [0.25, 0.3) is 0 Å². The Balaban J connectivity index is 3.52. The molecule has 1 aliphatic rings. The fraction of sp³-hybridized carbons (Fsp3) is 0.667. The first-order chi connectivity index (χ1) is 13.7. The topological polar surface area (TPSA) is 149 Å². The summed E-state index contributed by atoms with van der Waals surface area (Å²) in [6.07, 6.45) is -5.91. The van der Waals surface area contributed by atoms with Gasteiger partial charge in [0.2, 0.25) is 0 Å². The number of hydrogen-bond acceptors (Lipinski definition) is 11. The molecule has 0 aromatic carbocycles. The van der Waals surface area contributed by atoms with Crippen LogP contribution in [0.5, 0.6) is 0 Å². The Labute approximate surface area is 174 Å². The van der Waals surface area contributed by atoms with Gasteiger partial charge in [-0.1, -0.05) is 12.2 Å². The van der Waals surface area contributed by atoms with Gasteiger partial charge in [-0.25, -0.2) is 8.42 Å². The van der Waals surface area contributed by atoms with Gasteiger partial charge in [-0.15, -0.1) is 0 Å². The summed E-state index contributed by atoms with van der Waals surface area (Å²) < 4.78 is 51.8. The van der Waals surface area contributed by atoms with E-state index in [2.05, 4.69) is 6.58 Å². The van der Waals surface area contributed by atoms with Crippen LogP contribution in [-0.2, 0) is 52.7 Å². The molecule has 0 spiro atoms. The van der Waals surface area contributed by atoms with Gasteiger partial charge in [-0.3, -0.25) is 19.2 Å². The first-order valence-electron chi connectivity index (χ1n) is 8.91. The lowest BCUT2D eigenvalue weighted by molar-refractivity contribution is -0.238. The van der Waals surface area contributed by atoms with Crippen LogP contribution in [0.15, 0.2) is 12.2 Å². The zero-order valence-corrected chi connectivity index (χ0v) is 18.2. The van der Waals surface area contributed by atoms with E-state index in [9.17, 15) is 27.6 Å². The number of esters is 4. The van der Waals surface area contributed by atoms with E-state index < -0.39 is 75.9 Å². The molecule has 0 bridgehead atoms. The molecule has 0 amide bonds. The average molecular weight is 450 g/mol. The maximum absolute atomic E-state index is 12.9. The molecule has 12 heteroatoms. The van der Waals surface area contributed by atoms with Crippen molar-refractivity contribution < 1.29 is 51.3 Å².